The summed E-state index contributed by atoms with van der Waals surface area (Å²) in [5.74, 6) is -1.39. The first kappa shape index (κ1) is 27.8. The summed E-state index contributed by atoms with van der Waals surface area (Å²) < 4.78 is 5.48. The summed E-state index contributed by atoms with van der Waals surface area (Å²) in [7, 11) is 0. The van der Waals surface area contributed by atoms with Gasteiger partial charge < -0.3 is 30.9 Å². The molecule has 0 bridgehead atoms. The summed E-state index contributed by atoms with van der Waals surface area (Å²) in [4.78, 5) is 27.2. The first-order valence-corrected chi connectivity index (χ1v) is 11.5. The highest BCUT2D eigenvalue weighted by Crippen LogP contribution is 2.28. The Morgan fingerprint density at radius 2 is 1.78 bits per heavy atom. The van der Waals surface area contributed by atoms with Crippen LogP contribution in [0.5, 0.6) is 0 Å². The number of aliphatic hydroxyl groups is 2. The molecule has 37 heavy (non-hydrogen) atoms. The lowest BCUT2D eigenvalue weighted by atomic mass is 9.97. The van der Waals surface area contributed by atoms with Crippen LogP contribution < -0.4 is 16.0 Å². The molecule has 3 aromatic carbocycles. The largest absolute Gasteiger partial charge is 0.396 e. The molecule has 1 aliphatic heterocycles. The Morgan fingerprint density at radius 1 is 1.11 bits per heavy atom. The second-order valence-corrected chi connectivity index (χ2v) is 8.38. The number of hydrogen-bond donors (Lipinski definition) is 5. The van der Waals surface area contributed by atoms with E-state index in [0.717, 1.165) is 16.7 Å². The molecule has 10 heteroatoms. The molecule has 2 atom stereocenters. The van der Waals surface area contributed by atoms with Crippen LogP contribution in [0.2, 0.25) is 0 Å². The van der Waals surface area contributed by atoms with E-state index in [0.29, 0.717) is 23.4 Å². The number of carbonyl (C=O) groups is 2. The summed E-state index contributed by atoms with van der Waals surface area (Å²) in [5, 5.41) is 29.9. The Morgan fingerprint density at radius 3 is 2.43 bits per heavy atom. The fraction of sp³-hybridized carbons (Fsp3) is 0.222. The van der Waals surface area contributed by atoms with Gasteiger partial charge in [0, 0.05) is 30.1 Å². The van der Waals surface area contributed by atoms with E-state index < -0.39 is 24.0 Å². The summed E-state index contributed by atoms with van der Waals surface area (Å²) in [6, 6.07) is 21.5. The molecule has 0 saturated carbocycles. The van der Waals surface area contributed by atoms with Crippen LogP contribution in [0.15, 0.2) is 72.8 Å². The molecule has 4 rings (SSSR count). The molecule has 9 nitrogen and oxygen atoms in total. The standard InChI is InChI=1S/C27H28N4O5.ClH/c28-25(29)19-5-9-20(10-6-19)30-26(34)23(33)24-27(35)31(14-16-36-24)21-11-7-18(8-12-21)22-4-2-1-3-17(22)13-15-32;/h1-12,23-24,32-33H,13-16H2,(H3,28,29)(H,30,34);1H/t23?,24-;/m1./s1. The zero-order valence-corrected chi connectivity index (χ0v) is 20.8. The number of nitrogen functional groups attached to an aromatic ring is 1. The Labute approximate surface area is 220 Å². The number of halogens is 1. The van der Waals surface area contributed by atoms with Crippen LogP contribution >= 0.6 is 12.4 Å². The summed E-state index contributed by atoms with van der Waals surface area (Å²) in [6.07, 6.45) is -2.51. The molecule has 1 fully saturated rings. The van der Waals surface area contributed by atoms with Crippen molar-refractivity contribution < 1.29 is 24.5 Å². The predicted molar refractivity (Wildman–Crippen MR) is 144 cm³/mol. The quantitative estimate of drug-likeness (QED) is 0.225. The fourth-order valence-electron chi connectivity index (χ4n) is 4.14. The zero-order chi connectivity index (χ0) is 25.7. The number of nitrogens with zero attached hydrogens (tertiary/aromatic N) is 1. The van der Waals surface area contributed by atoms with Crippen LogP contribution in [-0.2, 0) is 20.7 Å². The van der Waals surface area contributed by atoms with Gasteiger partial charge in [0.2, 0.25) is 0 Å². The summed E-state index contributed by atoms with van der Waals surface area (Å²) in [6.45, 7) is 0.504. The number of carbonyl (C=O) groups excluding carboxylic acids is 2. The third kappa shape index (κ3) is 6.33. The Balaban J connectivity index is 0.00000380. The number of rotatable bonds is 8. The fourth-order valence-corrected chi connectivity index (χ4v) is 4.14. The van der Waals surface area contributed by atoms with Crippen molar-refractivity contribution in [3.8, 4) is 11.1 Å². The van der Waals surface area contributed by atoms with Crippen LogP contribution in [0.3, 0.4) is 0 Å². The first-order chi connectivity index (χ1) is 17.4. The molecule has 1 aliphatic rings. The lowest BCUT2D eigenvalue weighted by molar-refractivity contribution is -0.150. The molecule has 3 aromatic rings. The Hall–Kier alpha value is -3.76. The average Bonchev–Trinajstić information content (AvgIpc) is 2.89. The van der Waals surface area contributed by atoms with E-state index in [1.807, 2.05) is 48.5 Å². The monoisotopic (exact) mass is 524 g/mol. The molecule has 1 unspecified atom stereocenters. The van der Waals surface area contributed by atoms with Gasteiger partial charge in [0.05, 0.1) is 6.61 Å². The molecular formula is C27H29ClN4O5. The normalized spacial score (nSPS) is 16.0. The minimum atomic E-state index is -1.71. The number of anilines is 2. The predicted octanol–water partition coefficient (Wildman–Crippen LogP) is 2.33. The maximum absolute atomic E-state index is 13.1. The van der Waals surface area contributed by atoms with Crippen LogP contribution in [-0.4, -0.2) is 59.8 Å². The Kier molecular flexibility index (Phi) is 9.37. The van der Waals surface area contributed by atoms with Gasteiger partial charge in [-0.3, -0.25) is 15.0 Å². The molecule has 6 N–H and O–H groups in total. The van der Waals surface area contributed by atoms with Crippen LogP contribution in [0.25, 0.3) is 11.1 Å². The van der Waals surface area contributed by atoms with Gasteiger partial charge in [0.1, 0.15) is 5.84 Å². The topological polar surface area (TPSA) is 149 Å². The maximum atomic E-state index is 13.1. The first-order valence-electron chi connectivity index (χ1n) is 11.5. The van der Waals surface area contributed by atoms with Crippen molar-refractivity contribution in [2.24, 2.45) is 5.73 Å². The van der Waals surface area contributed by atoms with Gasteiger partial charge in [0.15, 0.2) is 12.2 Å². The van der Waals surface area contributed by atoms with Crippen molar-refractivity contribution in [1.82, 2.24) is 0 Å². The molecule has 1 saturated heterocycles. The van der Waals surface area contributed by atoms with Crippen molar-refractivity contribution in [2.75, 3.05) is 30.0 Å². The van der Waals surface area contributed by atoms with Crippen molar-refractivity contribution in [3.05, 3.63) is 83.9 Å². The van der Waals surface area contributed by atoms with Crippen molar-refractivity contribution in [1.29, 1.82) is 5.41 Å². The number of amidine groups is 1. The highest BCUT2D eigenvalue weighted by molar-refractivity contribution is 6.04. The number of aliphatic hydroxyl groups excluding tert-OH is 2. The third-order valence-corrected chi connectivity index (χ3v) is 6.03. The van der Waals surface area contributed by atoms with Crippen molar-refractivity contribution >= 4 is 41.4 Å². The number of hydrogen-bond acceptors (Lipinski definition) is 6. The van der Waals surface area contributed by atoms with E-state index in [-0.39, 0.29) is 38.0 Å². The number of nitrogens with two attached hydrogens (primary N) is 1. The van der Waals surface area contributed by atoms with Crippen molar-refractivity contribution in [3.63, 3.8) is 0 Å². The van der Waals surface area contributed by atoms with Gasteiger partial charge in [-0.1, -0.05) is 36.4 Å². The number of nitrogens with one attached hydrogen (secondary N) is 2. The minimum absolute atomic E-state index is 0. The van der Waals surface area contributed by atoms with Crippen molar-refractivity contribution in [2.45, 2.75) is 18.6 Å². The highest BCUT2D eigenvalue weighted by atomic mass is 35.5. The Bertz CT molecular complexity index is 1250. The number of benzene rings is 3. The molecule has 0 radical (unpaired) electrons. The van der Waals surface area contributed by atoms with E-state index in [1.165, 1.54) is 4.90 Å². The average molecular weight is 525 g/mol. The molecule has 0 aliphatic carbocycles. The SMILES string of the molecule is Cl.N=C(N)c1ccc(NC(=O)C(O)[C@H]2OCCN(c3ccc(-c4ccccc4CCO)cc3)C2=O)cc1. The molecule has 1 heterocycles. The molecule has 0 spiro atoms. The van der Waals surface area contributed by atoms with Gasteiger partial charge in [-0.2, -0.15) is 0 Å². The van der Waals surface area contributed by atoms with Crippen LogP contribution in [0, 0.1) is 5.41 Å². The number of amides is 2. The van der Waals surface area contributed by atoms with E-state index >= 15 is 0 Å². The smallest absolute Gasteiger partial charge is 0.259 e. The molecule has 2 amide bonds. The molecule has 194 valence electrons. The van der Waals surface area contributed by atoms with Gasteiger partial charge in [-0.15, -0.1) is 12.4 Å². The van der Waals surface area contributed by atoms with Gasteiger partial charge in [-0.25, -0.2) is 0 Å². The highest BCUT2D eigenvalue weighted by Gasteiger charge is 2.39. The van der Waals surface area contributed by atoms with Gasteiger partial charge in [0.25, 0.3) is 11.8 Å². The van der Waals surface area contributed by atoms with E-state index in [4.69, 9.17) is 15.9 Å². The van der Waals surface area contributed by atoms with E-state index in [2.05, 4.69) is 5.32 Å². The summed E-state index contributed by atoms with van der Waals surface area (Å²) in [5.41, 5.74) is 9.94. The van der Waals surface area contributed by atoms with Gasteiger partial charge in [-0.05, 0) is 59.5 Å². The van der Waals surface area contributed by atoms with E-state index in [1.54, 1.807) is 24.3 Å². The number of ether oxygens (including phenoxy) is 1. The molecule has 0 aromatic heterocycles. The second-order valence-electron chi connectivity index (χ2n) is 8.38. The second kappa shape index (κ2) is 12.5. The summed E-state index contributed by atoms with van der Waals surface area (Å²) >= 11 is 0. The van der Waals surface area contributed by atoms with Crippen LogP contribution in [0.1, 0.15) is 11.1 Å². The molecular weight excluding hydrogens is 496 g/mol. The zero-order valence-electron chi connectivity index (χ0n) is 20.0. The lowest BCUT2D eigenvalue weighted by Gasteiger charge is -2.34. The van der Waals surface area contributed by atoms with Crippen LogP contribution in [0.4, 0.5) is 11.4 Å². The van der Waals surface area contributed by atoms with Gasteiger partial charge >= 0.3 is 0 Å². The van der Waals surface area contributed by atoms with E-state index in [9.17, 15) is 19.8 Å². The lowest BCUT2D eigenvalue weighted by Crippen LogP contribution is -2.55. The maximum Gasteiger partial charge on any atom is 0.259 e. The number of morpholine rings is 1. The minimum Gasteiger partial charge on any atom is -0.396 e. The third-order valence-electron chi connectivity index (χ3n) is 6.03.